The van der Waals surface area contributed by atoms with Crippen LogP contribution in [0.2, 0.25) is 0 Å². The average Bonchev–Trinajstić information content (AvgIpc) is 2.59. The molecule has 0 aliphatic carbocycles. The number of H-pyrrole nitrogens is 1. The molecule has 0 spiro atoms. The highest BCUT2D eigenvalue weighted by atomic mass is 19.1. The maximum absolute atomic E-state index is 13.2. The Labute approximate surface area is 101 Å². The molecule has 2 atom stereocenters. The van der Waals surface area contributed by atoms with Crippen molar-refractivity contribution in [3.8, 4) is 0 Å². The Morgan fingerprint density at radius 3 is 3.06 bits per heavy atom. The number of ether oxygens (including phenoxy) is 2. The highest BCUT2D eigenvalue weighted by molar-refractivity contribution is 4.88. The molecule has 0 aromatic carbocycles. The lowest BCUT2D eigenvalue weighted by Gasteiger charge is -2.20. The van der Waals surface area contributed by atoms with Crippen LogP contribution < -0.4 is 11.2 Å². The van der Waals surface area contributed by atoms with Crippen molar-refractivity contribution in [2.24, 2.45) is 0 Å². The van der Waals surface area contributed by atoms with Crippen LogP contribution in [0.4, 0.5) is 4.39 Å². The van der Waals surface area contributed by atoms with E-state index in [0.717, 1.165) is 10.8 Å². The lowest BCUT2D eigenvalue weighted by atomic mass is 10.3. The van der Waals surface area contributed by atoms with E-state index in [9.17, 15) is 14.0 Å². The van der Waals surface area contributed by atoms with E-state index in [2.05, 4.69) is 0 Å². The van der Waals surface area contributed by atoms with E-state index in [4.69, 9.17) is 14.6 Å². The van der Waals surface area contributed by atoms with E-state index >= 15 is 0 Å². The van der Waals surface area contributed by atoms with E-state index in [1.165, 1.54) is 0 Å². The zero-order chi connectivity index (χ0) is 13.1. The molecule has 1 aromatic rings. The van der Waals surface area contributed by atoms with E-state index < -0.39 is 29.4 Å². The van der Waals surface area contributed by atoms with Crippen LogP contribution in [0.5, 0.6) is 0 Å². The van der Waals surface area contributed by atoms with Crippen molar-refractivity contribution >= 4 is 0 Å². The van der Waals surface area contributed by atoms with Gasteiger partial charge in [-0.1, -0.05) is 0 Å². The molecule has 2 heterocycles. The average molecular weight is 260 g/mol. The molecule has 1 aliphatic heterocycles. The fraction of sp³-hybridized carbons (Fsp3) is 0.600. The second-order valence-electron chi connectivity index (χ2n) is 3.90. The first-order chi connectivity index (χ1) is 8.61. The number of hydrogen-bond acceptors (Lipinski definition) is 5. The van der Waals surface area contributed by atoms with Gasteiger partial charge in [0.15, 0.2) is 0 Å². The van der Waals surface area contributed by atoms with Crippen LogP contribution in [0.25, 0.3) is 0 Å². The van der Waals surface area contributed by atoms with Crippen molar-refractivity contribution in [2.75, 3.05) is 19.8 Å². The molecule has 7 nitrogen and oxygen atoms in total. The molecule has 1 fully saturated rings. The van der Waals surface area contributed by atoms with Crippen molar-refractivity contribution < 1.29 is 19.0 Å². The van der Waals surface area contributed by atoms with E-state index in [1.807, 2.05) is 4.98 Å². The second-order valence-corrected chi connectivity index (χ2v) is 3.90. The normalized spacial score (nSPS) is 24.8. The Kier molecular flexibility index (Phi) is 3.90. The Morgan fingerprint density at radius 2 is 2.33 bits per heavy atom. The Morgan fingerprint density at radius 1 is 1.56 bits per heavy atom. The van der Waals surface area contributed by atoms with Crippen LogP contribution in [0.15, 0.2) is 15.8 Å². The van der Waals surface area contributed by atoms with Gasteiger partial charge in [-0.05, 0) is 0 Å². The molecule has 0 amide bonds. The van der Waals surface area contributed by atoms with Crippen molar-refractivity contribution in [1.29, 1.82) is 0 Å². The summed E-state index contributed by atoms with van der Waals surface area (Å²) in [5, 5.41) is 9.02. The first-order valence-electron chi connectivity index (χ1n) is 5.47. The van der Waals surface area contributed by atoms with Crippen LogP contribution in [-0.2, 0) is 9.47 Å². The minimum absolute atomic E-state index is 0.202. The van der Waals surface area contributed by atoms with Crippen LogP contribution in [-0.4, -0.2) is 40.6 Å². The molecule has 1 saturated heterocycles. The summed E-state index contributed by atoms with van der Waals surface area (Å²) in [6, 6.07) is 0. The number of aliphatic hydroxyl groups is 1. The number of hydrogen-bond donors (Lipinski definition) is 2. The molecule has 1 aliphatic rings. The molecule has 0 radical (unpaired) electrons. The van der Waals surface area contributed by atoms with Crippen LogP contribution in [0.3, 0.4) is 0 Å². The monoisotopic (exact) mass is 260 g/mol. The summed E-state index contributed by atoms with van der Waals surface area (Å²) in [5.74, 6) is -1.07. The zero-order valence-electron chi connectivity index (χ0n) is 9.47. The minimum atomic E-state index is -1.07. The highest BCUT2D eigenvalue weighted by Crippen LogP contribution is 2.17. The lowest BCUT2D eigenvalue weighted by Crippen LogP contribution is -2.36. The maximum atomic E-state index is 13.2. The second kappa shape index (κ2) is 5.42. The predicted octanol–water partition coefficient (Wildman–Crippen LogP) is -1.03. The Bertz CT molecular complexity index is 526. The van der Waals surface area contributed by atoms with E-state index in [-0.39, 0.29) is 13.2 Å². The summed E-state index contributed by atoms with van der Waals surface area (Å²) in [5.41, 5.74) is -1.83. The van der Waals surface area contributed by atoms with Gasteiger partial charge in [0.1, 0.15) is 12.3 Å². The first-order valence-corrected chi connectivity index (χ1v) is 5.47. The first kappa shape index (κ1) is 12.9. The van der Waals surface area contributed by atoms with Crippen LogP contribution in [0, 0.1) is 5.82 Å². The predicted molar refractivity (Wildman–Crippen MR) is 57.7 cm³/mol. The molecule has 8 heteroatoms. The topological polar surface area (TPSA) is 93.6 Å². The van der Waals surface area contributed by atoms with Gasteiger partial charge >= 0.3 is 5.69 Å². The van der Waals surface area contributed by atoms with Gasteiger partial charge < -0.3 is 14.6 Å². The largest absolute Gasteiger partial charge is 0.394 e. The van der Waals surface area contributed by atoms with Gasteiger partial charge in [-0.25, -0.2) is 4.79 Å². The summed E-state index contributed by atoms with van der Waals surface area (Å²) < 4.78 is 24.7. The van der Waals surface area contributed by atoms with Gasteiger partial charge in [0.05, 0.1) is 26.0 Å². The molecule has 2 rings (SSSR count). The molecule has 0 bridgehead atoms. The third-order valence-electron chi connectivity index (χ3n) is 2.60. The van der Waals surface area contributed by atoms with Crippen LogP contribution in [0.1, 0.15) is 12.6 Å². The standard InChI is InChI=1S/C10H13FN2O5/c11-7-3-13(10(16)12-9(7)15)8-1-2-17-5-6(4-14)18-8/h3,6,8,14H,1-2,4-5H2,(H,12,15,16)/t6-,8-/m0/s1. The number of nitrogens with zero attached hydrogens (tertiary/aromatic N) is 1. The quantitative estimate of drug-likeness (QED) is 0.709. The van der Waals surface area contributed by atoms with Gasteiger partial charge in [0.2, 0.25) is 5.82 Å². The fourth-order valence-corrected chi connectivity index (χ4v) is 1.70. The summed E-state index contributed by atoms with van der Waals surface area (Å²) in [7, 11) is 0. The molecule has 100 valence electrons. The van der Waals surface area contributed by atoms with Gasteiger partial charge in [-0.15, -0.1) is 0 Å². The number of aromatic nitrogens is 2. The third kappa shape index (κ3) is 2.66. The molecule has 18 heavy (non-hydrogen) atoms. The molecular weight excluding hydrogens is 247 g/mol. The summed E-state index contributed by atoms with van der Waals surface area (Å²) in [6.45, 7) is 0.249. The molecule has 0 saturated carbocycles. The van der Waals surface area contributed by atoms with Crippen molar-refractivity contribution in [1.82, 2.24) is 9.55 Å². The van der Waals surface area contributed by atoms with E-state index in [0.29, 0.717) is 13.0 Å². The van der Waals surface area contributed by atoms with Crippen molar-refractivity contribution in [3.05, 3.63) is 32.9 Å². The zero-order valence-corrected chi connectivity index (χ0v) is 9.47. The minimum Gasteiger partial charge on any atom is -0.394 e. The van der Waals surface area contributed by atoms with Crippen molar-refractivity contribution in [3.63, 3.8) is 0 Å². The number of rotatable bonds is 2. The van der Waals surface area contributed by atoms with E-state index in [1.54, 1.807) is 0 Å². The third-order valence-corrected chi connectivity index (χ3v) is 2.60. The van der Waals surface area contributed by atoms with Crippen LogP contribution >= 0.6 is 0 Å². The smallest absolute Gasteiger partial charge is 0.330 e. The maximum Gasteiger partial charge on any atom is 0.330 e. The number of aliphatic hydroxyl groups excluding tert-OH is 1. The van der Waals surface area contributed by atoms with Gasteiger partial charge in [-0.3, -0.25) is 14.3 Å². The highest BCUT2D eigenvalue weighted by Gasteiger charge is 2.23. The fourth-order valence-electron chi connectivity index (χ4n) is 1.70. The molecular formula is C10H13FN2O5. The lowest BCUT2D eigenvalue weighted by molar-refractivity contribution is -0.0768. The number of nitrogens with one attached hydrogen (secondary N) is 1. The van der Waals surface area contributed by atoms with Gasteiger partial charge in [0, 0.05) is 6.42 Å². The number of halogens is 1. The Hall–Kier alpha value is -1.51. The Balaban J connectivity index is 2.32. The van der Waals surface area contributed by atoms with Gasteiger partial charge in [-0.2, -0.15) is 4.39 Å². The summed E-state index contributed by atoms with van der Waals surface area (Å²) >= 11 is 0. The summed E-state index contributed by atoms with van der Waals surface area (Å²) in [6.07, 6.45) is -0.240. The molecule has 0 unspecified atom stereocenters. The van der Waals surface area contributed by atoms with Gasteiger partial charge in [0.25, 0.3) is 5.56 Å². The van der Waals surface area contributed by atoms with Crippen molar-refractivity contribution in [2.45, 2.75) is 18.8 Å². The molecule has 1 aromatic heterocycles. The summed E-state index contributed by atoms with van der Waals surface area (Å²) in [4.78, 5) is 24.3. The molecule has 2 N–H and O–H groups in total. The number of aromatic amines is 1. The SMILES string of the molecule is O=c1[nH]c(=O)n([C@@H]2CCOC[C@H](CO)O2)cc1F.